The monoisotopic (exact) mass is 611 g/mol. The number of carbonyl (C=O) groups excluding carboxylic acids is 3. The average Bonchev–Trinajstić information content (AvgIpc) is 2.95. The van der Waals surface area contributed by atoms with Crippen molar-refractivity contribution in [2.45, 2.75) is 116 Å². The predicted molar refractivity (Wildman–Crippen MR) is 170 cm³/mol. The van der Waals surface area contributed by atoms with Gasteiger partial charge in [-0.1, -0.05) is 68.4 Å². The maximum absolute atomic E-state index is 13.2. The van der Waals surface area contributed by atoms with E-state index in [1.54, 1.807) is 70.2 Å². The molecule has 242 valence electrons. The standard InChI is InChI=1S/C28H37N3O7.C6H12/c1-7-9-19-13-12-17(2)37-21-11-8-10-20(14-21)16-23(26(34)35)30-24(32)18(3)29-25(33)22(15-19)31-27(36)38-28(4,5)6;1-2-4-6-5-3-1/h7-8,10-14,18,22-23H,1,9,15-16H2,2-6H3,(H,29,33)(H,30,32)(H,31,36)(H,34,35);1-6H2/b17-12+,19-13+;. The summed E-state index contributed by atoms with van der Waals surface area (Å²) in [5, 5.41) is 17.3. The molecule has 4 N–H and O–H groups in total. The number of carboxylic acid groups (broad SMARTS) is 1. The van der Waals surface area contributed by atoms with E-state index in [9.17, 15) is 24.3 Å². The number of fused-ring (bicyclic) bond motifs is 2. The molecule has 3 rings (SSSR count). The van der Waals surface area contributed by atoms with Crippen LogP contribution in [0.25, 0.3) is 0 Å². The molecule has 1 aromatic rings. The van der Waals surface area contributed by atoms with Crippen LogP contribution in [0.15, 0.2) is 60.4 Å². The van der Waals surface area contributed by atoms with Gasteiger partial charge in [0.1, 0.15) is 35.2 Å². The fourth-order valence-corrected chi connectivity index (χ4v) is 4.69. The molecule has 1 heterocycles. The molecule has 1 saturated carbocycles. The minimum atomic E-state index is -1.24. The molecule has 44 heavy (non-hydrogen) atoms. The lowest BCUT2D eigenvalue weighted by Gasteiger charge is -2.25. The fraction of sp³-hybridized carbons (Fsp3) is 0.529. The molecule has 1 aliphatic carbocycles. The lowest BCUT2D eigenvalue weighted by Crippen LogP contribution is -2.55. The van der Waals surface area contributed by atoms with Gasteiger partial charge in [0.2, 0.25) is 11.8 Å². The van der Waals surface area contributed by atoms with Gasteiger partial charge in [0.25, 0.3) is 0 Å². The quantitative estimate of drug-likeness (QED) is 0.319. The van der Waals surface area contributed by atoms with Crippen LogP contribution in [0.3, 0.4) is 0 Å². The van der Waals surface area contributed by atoms with E-state index in [1.165, 1.54) is 45.4 Å². The summed E-state index contributed by atoms with van der Waals surface area (Å²) in [6.07, 6.45) is 13.9. The lowest BCUT2D eigenvalue weighted by molar-refractivity contribution is -0.142. The van der Waals surface area contributed by atoms with Gasteiger partial charge in [0.05, 0.1) is 0 Å². The molecule has 0 spiro atoms. The third kappa shape index (κ3) is 13.9. The van der Waals surface area contributed by atoms with Crippen LogP contribution in [-0.4, -0.2) is 52.7 Å². The normalized spacial score (nSPS) is 24.1. The van der Waals surface area contributed by atoms with E-state index in [1.807, 2.05) is 0 Å². The summed E-state index contributed by atoms with van der Waals surface area (Å²) in [5.41, 5.74) is 0.623. The Morgan fingerprint density at radius 3 is 2.25 bits per heavy atom. The summed E-state index contributed by atoms with van der Waals surface area (Å²) < 4.78 is 11.2. The molecular formula is C34H49N3O7. The highest BCUT2D eigenvalue weighted by Gasteiger charge is 2.29. The molecule has 10 heteroatoms. The number of benzene rings is 1. The second kappa shape index (κ2) is 17.9. The zero-order valence-corrected chi connectivity index (χ0v) is 26.7. The number of rotatable bonds is 4. The van der Waals surface area contributed by atoms with Crippen molar-refractivity contribution in [1.82, 2.24) is 16.0 Å². The Morgan fingerprint density at radius 1 is 1.05 bits per heavy atom. The molecule has 0 saturated heterocycles. The molecule has 3 atom stereocenters. The summed E-state index contributed by atoms with van der Waals surface area (Å²) in [5.74, 6) is -1.48. The Morgan fingerprint density at radius 2 is 1.68 bits per heavy atom. The third-order valence-corrected chi connectivity index (χ3v) is 6.92. The van der Waals surface area contributed by atoms with Gasteiger partial charge >= 0.3 is 12.1 Å². The highest BCUT2D eigenvalue weighted by Crippen LogP contribution is 2.19. The number of ether oxygens (including phenoxy) is 2. The number of aliphatic carboxylic acids is 1. The minimum absolute atomic E-state index is 0.00785. The van der Waals surface area contributed by atoms with Crippen LogP contribution in [0.1, 0.15) is 91.5 Å². The molecule has 3 amide bonds. The summed E-state index contributed by atoms with van der Waals surface area (Å²) in [7, 11) is 0. The van der Waals surface area contributed by atoms with Crippen molar-refractivity contribution in [3.8, 4) is 5.75 Å². The number of carboxylic acids is 1. The average molecular weight is 612 g/mol. The van der Waals surface area contributed by atoms with Gasteiger partial charge in [-0.2, -0.15) is 0 Å². The first-order valence-corrected chi connectivity index (χ1v) is 15.3. The second-order valence-corrected chi connectivity index (χ2v) is 12.2. The molecule has 2 bridgehead atoms. The first kappa shape index (κ1) is 36.1. The van der Waals surface area contributed by atoms with Crippen LogP contribution in [0, 0.1) is 0 Å². The second-order valence-electron chi connectivity index (χ2n) is 12.2. The number of allylic oxidation sites excluding steroid dienone is 4. The van der Waals surface area contributed by atoms with Crippen LogP contribution >= 0.6 is 0 Å². The van der Waals surface area contributed by atoms with E-state index in [2.05, 4.69) is 22.5 Å². The first-order valence-electron chi connectivity index (χ1n) is 15.3. The Labute approximate surface area is 261 Å². The maximum atomic E-state index is 13.2. The van der Waals surface area contributed by atoms with Crippen molar-refractivity contribution in [1.29, 1.82) is 0 Å². The van der Waals surface area contributed by atoms with Gasteiger partial charge in [-0.25, -0.2) is 9.59 Å². The van der Waals surface area contributed by atoms with Crippen LogP contribution in [0.4, 0.5) is 4.79 Å². The van der Waals surface area contributed by atoms with Crippen LogP contribution in [-0.2, 0) is 25.5 Å². The first-order chi connectivity index (χ1) is 20.8. The fourth-order valence-electron chi connectivity index (χ4n) is 4.69. The minimum Gasteiger partial charge on any atom is -0.480 e. The highest BCUT2D eigenvalue weighted by molar-refractivity contribution is 5.92. The van der Waals surface area contributed by atoms with E-state index in [-0.39, 0.29) is 12.8 Å². The predicted octanol–water partition coefficient (Wildman–Crippen LogP) is 5.73. The smallest absolute Gasteiger partial charge is 0.408 e. The Bertz CT molecular complexity index is 1200. The van der Waals surface area contributed by atoms with Crippen LogP contribution in [0.5, 0.6) is 5.75 Å². The van der Waals surface area contributed by atoms with Crippen molar-refractivity contribution >= 4 is 23.9 Å². The van der Waals surface area contributed by atoms with Crippen molar-refractivity contribution in [3.63, 3.8) is 0 Å². The van der Waals surface area contributed by atoms with Gasteiger partial charge in [-0.3, -0.25) is 9.59 Å². The molecule has 0 radical (unpaired) electrons. The maximum Gasteiger partial charge on any atom is 0.408 e. The number of alkyl carbamates (subject to hydrolysis) is 1. The largest absolute Gasteiger partial charge is 0.480 e. The molecular weight excluding hydrogens is 562 g/mol. The number of carbonyl (C=O) groups is 4. The van der Waals surface area contributed by atoms with Gasteiger partial charge in [0.15, 0.2) is 0 Å². The van der Waals surface area contributed by atoms with Gasteiger partial charge < -0.3 is 30.5 Å². The summed E-state index contributed by atoms with van der Waals surface area (Å²) >= 11 is 0. The Hall–Kier alpha value is -4.08. The molecule has 1 aromatic carbocycles. The highest BCUT2D eigenvalue weighted by atomic mass is 16.6. The van der Waals surface area contributed by atoms with Gasteiger partial charge in [0, 0.05) is 6.42 Å². The molecule has 1 aliphatic heterocycles. The zero-order valence-electron chi connectivity index (χ0n) is 26.7. The topological polar surface area (TPSA) is 143 Å². The molecule has 2 aliphatic rings. The van der Waals surface area contributed by atoms with Gasteiger partial charge in [-0.15, -0.1) is 6.58 Å². The van der Waals surface area contributed by atoms with Crippen molar-refractivity contribution < 1.29 is 33.8 Å². The van der Waals surface area contributed by atoms with Gasteiger partial charge in [-0.05, 0) is 71.2 Å². The lowest BCUT2D eigenvalue weighted by atomic mass is 10.0. The van der Waals surface area contributed by atoms with E-state index >= 15 is 0 Å². The van der Waals surface area contributed by atoms with Crippen molar-refractivity contribution in [2.75, 3.05) is 0 Å². The van der Waals surface area contributed by atoms with E-state index in [4.69, 9.17) is 9.47 Å². The molecule has 10 nitrogen and oxygen atoms in total. The zero-order chi connectivity index (χ0) is 32.7. The van der Waals surface area contributed by atoms with Crippen LogP contribution < -0.4 is 20.7 Å². The molecule has 0 aromatic heterocycles. The Balaban J connectivity index is 0.000000999. The summed E-state index contributed by atoms with van der Waals surface area (Å²) in [6, 6.07) is 3.53. The Kier molecular flexibility index (Phi) is 14.7. The van der Waals surface area contributed by atoms with E-state index in [0.717, 1.165) is 5.57 Å². The molecule has 3 unspecified atom stereocenters. The SMILES string of the molecule is C1CCCCC1.C=CC/C1=C\C=C(/C)Oc2cccc(c2)CC(C(=O)O)NC(=O)C(C)NC(=O)C(NC(=O)OC(C)(C)C)C1. The number of hydrogen-bond acceptors (Lipinski definition) is 6. The number of hydrogen-bond donors (Lipinski definition) is 4. The summed E-state index contributed by atoms with van der Waals surface area (Å²) in [4.78, 5) is 50.4. The molecule has 1 fully saturated rings. The number of amides is 3. The summed E-state index contributed by atoms with van der Waals surface area (Å²) in [6.45, 7) is 12.1. The third-order valence-electron chi connectivity index (χ3n) is 6.92. The van der Waals surface area contributed by atoms with E-state index in [0.29, 0.717) is 23.5 Å². The van der Waals surface area contributed by atoms with Crippen molar-refractivity contribution in [3.05, 3.63) is 66.0 Å². The van der Waals surface area contributed by atoms with E-state index < -0.39 is 47.6 Å². The van der Waals surface area contributed by atoms with Crippen LogP contribution in [0.2, 0.25) is 0 Å². The van der Waals surface area contributed by atoms with Crippen molar-refractivity contribution in [2.24, 2.45) is 0 Å². The number of nitrogens with one attached hydrogen (secondary N) is 3.